The quantitative estimate of drug-likeness (QED) is 0.0535. The van der Waals surface area contributed by atoms with Gasteiger partial charge in [-0.2, -0.15) is 0 Å². The summed E-state index contributed by atoms with van der Waals surface area (Å²) in [5, 5.41) is 16.3. The average Bonchev–Trinajstić information content (AvgIpc) is 4.35. The Labute approximate surface area is 446 Å². The number of ether oxygens (including phenoxy) is 6. The third-order valence-corrected chi connectivity index (χ3v) is 16.2. The lowest BCUT2D eigenvalue weighted by Gasteiger charge is -2.29. The zero-order valence-corrected chi connectivity index (χ0v) is 44.4. The van der Waals surface area contributed by atoms with Crippen LogP contribution in [0.5, 0.6) is 0 Å². The topological polar surface area (TPSA) is 243 Å². The number of carbonyl (C=O) groups excluding carboxylic acids is 2. The molecule has 0 bridgehead atoms. The van der Waals surface area contributed by atoms with Crippen LogP contribution >= 0.6 is 8.53 Å². The molecule has 11 rings (SSSR count). The van der Waals surface area contributed by atoms with Crippen molar-refractivity contribution in [1.82, 2.24) is 43.7 Å². The van der Waals surface area contributed by atoms with Crippen LogP contribution in [0.25, 0.3) is 22.3 Å². The van der Waals surface area contributed by atoms with Crippen LogP contribution in [0.15, 0.2) is 116 Å². The second-order valence-corrected chi connectivity index (χ2v) is 20.4. The molecule has 2 amide bonds. The van der Waals surface area contributed by atoms with Gasteiger partial charge in [0.1, 0.15) is 42.7 Å². The van der Waals surface area contributed by atoms with Gasteiger partial charge in [0.25, 0.3) is 20.3 Å². The average molecular weight is 1070 g/mol. The first-order chi connectivity index (χ1) is 37.6. The number of nitrogens with zero attached hydrogens (tertiary/aromatic N) is 9. The molecule has 406 valence electrons. The molecule has 4 aliphatic heterocycles. The molecular weight excluding hydrogens is 1010 g/mol. The van der Waals surface area contributed by atoms with Gasteiger partial charge in [-0.25, -0.2) is 34.6 Å². The summed E-state index contributed by atoms with van der Waals surface area (Å²) < 4.78 is 55.3. The fourth-order valence-corrected chi connectivity index (χ4v) is 12.5. The molecule has 0 spiro atoms. The van der Waals surface area contributed by atoms with E-state index >= 15 is 0 Å². The Hall–Kier alpha value is -6.27. The lowest BCUT2D eigenvalue weighted by molar-refractivity contribution is -0.0765. The van der Waals surface area contributed by atoms with Crippen LogP contribution in [-0.2, 0) is 43.1 Å². The molecule has 0 aliphatic carbocycles. The first kappa shape index (κ1) is 54.1. The molecule has 0 saturated carbocycles. The lowest BCUT2D eigenvalue weighted by atomic mass is 9.87. The summed E-state index contributed by atoms with van der Waals surface area (Å²) in [6.07, 6.45) is 5.21. The Morgan fingerprint density at radius 3 is 1.71 bits per heavy atom. The Morgan fingerprint density at radius 2 is 1.18 bits per heavy atom. The van der Waals surface area contributed by atoms with E-state index in [0.717, 1.165) is 24.9 Å². The lowest BCUT2D eigenvalue weighted by Crippen LogP contribution is -2.37. The second-order valence-electron chi connectivity index (χ2n) is 19.0. The Kier molecular flexibility index (Phi) is 17.3. The molecule has 3 aromatic carbocycles. The van der Waals surface area contributed by atoms with Gasteiger partial charge < -0.3 is 53.2 Å². The summed E-state index contributed by atoms with van der Waals surface area (Å²) in [5.41, 5.74) is 3.55. The number of fused-ring (bicyclic) bond motifs is 3. The molecule has 77 heavy (non-hydrogen) atoms. The number of anilines is 2. The van der Waals surface area contributed by atoms with Crippen LogP contribution in [0.1, 0.15) is 85.2 Å². The third-order valence-electron chi connectivity index (χ3n) is 14.3. The van der Waals surface area contributed by atoms with Crippen molar-refractivity contribution in [2.24, 2.45) is 0 Å². The molecule has 8 heterocycles. The summed E-state index contributed by atoms with van der Waals surface area (Å²) in [5.74, 6) is 0.0269. The number of rotatable bonds is 19. The molecular formula is C54H64N11O11P. The summed E-state index contributed by atoms with van der Waals surface area (Å²) in [4.78, 5) is 51.9. The van der Waals surface area contributed by atoms with Crippen LogP contribution in [0.4, 0.5) is 11.6 Å². The van der Waals surface area contributed by atoms with Crippen LogP contribution < -0.4 is 10.6 Å². The number of aliphatic hydroxyl groups excluding tert-OH is 1. The van der Waals surface area contributed by atoms with Crippen molar-refractivity contribution in [3.8, 4) is 0 Å². The van der Waals surface area contributed by atoms with Crippen molar-refractivity contribution in [3.05, 3.63) is 133 Å². The predicted molar refractivity (Wildman–Crippen MR) is 283 cm³/mol. The number of methoxy groups -OCH3 is 2. The number of aromatic nitrogens is 8. The van der Waals surface area contributed by atoms with E-state index in [1.807, 2.05) is 41.8 Å². The van der Waals surface area contributed by atoms with Crippen molar-refractivity contribution in [3.63, 3.8) is 0 Å². The second kappa shape index (κ2) is 24.6. The van der Waals surface area contributed by atoms with Gasteiger partial charge in [0.05, 0.1) is 57.3 Å². The molecule has 22 nitrogen and oxygen atoms in total. The molecule has 2 unspecified atom stereocenters. The number of nitrogens with one attached hydrogen (secondary N) is 2. The van der Waals surface area contributed by atoms with Crippen molar-refractivity contribution in [1.29, 1.82) is 0 Å². The Balaban J connectivity index is 0.000000189. The summed E-state index contributed by atoms with van der Waals surface area (Å²) >= 11 is 0. The van der Waals surface area contributed by atoms with Gasteiger partial charge in [-0.1, -0.05) is 80.6 Å². The fourth-order valence-electron chi connectivity index (χ4n) is 10.3. The molecule has 0 radical (unpaired) electrons. The number of carbonyl (C=O) groups is 2. The minimum Gasteiger partial charge on any atom is -0.388 e. The van der Waals surface area contributed by atoms with E-state index in [-0.39, 0.29) is 30.1 Å². The molecule has 3 N–H and O–H groups in total. The highest BCUT2D eigenvalue weighted by Crippen LogP contribution is 2.64. The smallest absolute Gasteiger partial charge is 0.260 e. The van der Waals surface area contributed by atoms with Crippen molar-refractivity contribution in [2.45, 2.75) is 107 Å². The number of amides is 2. The fraction of sp³-hybridized carbons (Fsp3) is 0.444. The summed E-state index contributed by atoms with van der Waals surface area (Å²) in [6.45, 7) is 8.60. The zero-order chi connectivity index (χ0) is 53.5. The first-order valence-electron chi connectivity index (χ1n) is 25.9. The number of imidazole rings is 2. The van der Waals surface area contributed by atoms with E-state index in [1.54, 1.807) is 67.8 Å². The zero-order valence-electron chi connectivity index (χ0n) is 43.5. The largest absolute Gasteiger partial charge is 0.388 e. The van der Waals surface area contributed by atoms with Gasteiger partial charge >= 0.3 is 0 Å². The Bertz CT molecular complexity index is 3070. The molecule has 4 fully saturated rings. The van der Waals surface area contributed by atoms with E-state index < -0.39 is 51.0 Å². The van der Waals surface area contributed by atoms with Crippen molar-refractivity contribution in [2.75, 3.05) is 57.8 Å². The van der Waals surface area contributed by atoms with E-state index in [4.69, 9.17) is 37.5 Å². The van der Waals surface area contributed by atoms with Gasteiger partial charge in [0.15, 0.2) is 46.4 Å². The molecule has 11 atom stereocenters. The van der Waals surface area contributed by atoms with Crippen molar-refractivity contribution >= 4 is 54.3 Å². The van der Waals surface area contributed by atoms with Crippen LogP contribution in [0.3, 0.4) is 0 Å². The normalized spacial score (nSPS) is 26.9. The van der Waals surface area contributed by atoms with E-state index in [0.29, 0.717) is 84.4 Å². The van der Waals surface area contributed by atoms with Gasteiger partial charge in [-0.15, -0.1) is 0 Å². The van der Waals surface area contributed by atoms with Gasteiger partial charge in [0, 0.05) is 31.9 Å². The predicted octanol–water partition coefficient (Wildman–Crippen LogP) is 7.22. The molecule has 4 aromatic heterocycles. The highest BCUT2D eigenvalue weighted by Gasteiger charge is 2.58. The number of aliphatic hydroxyl groups is 1. The highest BCUT2D eigenvalue weighted by atomic mass is 31.2. The van der Waals surface area contributed by atoms with Gasteiger partial charge in [-0.05, 0) is 62.4 Å². The van der Waals surface area contributed by atoms with Crippen LogP contribution in [-0.4, -0.2) is 150 Å². The van der Waals surface area contributed by atoms with Gasteiger partial charge in [0.2, 0.25) is 0 Å². The van der Waals surface area contributed by atoms with E-state index in [1.165, 1.54) is 12.7 Å². The first-order valence-corrected chi connectivity index (χ1v) is 27.0. The van der Waals surface area contributed by atoms with Gasteiger partial charge in [-0.3, -0.25) is 18.7 Å². The number of benzene rings is 3. The molecule has 23 heteroatoms. The van der Waals surface area contributed by atoms with E-state index in [2.05, 4.69) is 83.3 Å². The molecule has 7 aromatic rings. The monoisotopic (exact) mass is 1070 g/mol. The van der Waals surface area contributed by atoms with Crippen LogP contribution in [0, 0.1) is 0 Å². The minimum atomic E-state index is -1.39. The standard InChI is InChI=1S/C33H39N6O6P.C21H25N5O5/c1-4-24-27(44-46-39-17-11-16-25(39)33(2,45-46)23-14-9-6-10-15-23)28(42-19-18-41-3)32(43-24)38-21-36-26-29(34-20-35-30(26)38)37-31(40)22-12-7-5-8-13-22;1-3-14-16(27)17(30-10-9-29-2)21(31-14)26-12-24-15-18(22-11-23-19(15)26)25-20(28)13-7-5-4-6-8-13/h5-10,12-15,20-21,24-25,27-28,32H,4,11,16-19H2,1-3H3,(H,34,35,37,40);4-8,11-12,14,16-17,21,27H,3,9-10H2,1-2H3,(H,22,23,25,28)/t24-,25+,27+,28?,32-,33-,46+;14-,16+,17?,21-/m11/s1. The SMILES string of the molecule is CC[C@H]1O[C@@H](n2cnc3c(NC(=O)c4ccccc4)ncnc32)C(OCCOC)[C@H]1O.CC[C@H]1O[C@@H](n2cnc3c(NC(=O)c4ccccc4)ncnc32)C(OCCOC)[C@H]1O[P@@]1O[C@](C)(c2ccccc2)[C@@H]2CCCN21. The Morgan fingerprint density at radius 1 is 0.675 bits per heavy atom. The maximum Gasteiger partial charge on any atom is 0.260 e. The summed E-state index contributed by atoms with van der Waals surface area (Å²) in [6, 6.07) is 28.5. The summed E-state index contributed by atoms with van der Waals surface area (Å²) in [7, 11) is 1.84. The molecule has 4 saturated heterocycles. The van der Waals surface area contributed by atoms with Crippen molar-refractivity contribution < 1.29 is 52.2 Å². The maximum atomic E-state index is 12.9. The minimum absolute atomic E-state index is 0.228. The number of hydrogen-bond acceptors (Lipinski definition) is 18. The third kappa shape index (κ3) is 11.2. The van der Waals surface area contributed by atoms with E-state index in [9.17, 15) is 14.7 Å². The maximum absolute atomic E-state index is 12.9. The highest BCUT2D eigenvalue weighted by molar-refractivity contribution is 7.45. The molecule has 4 aliphatic rings. The number of hydrogen-bond donors (Lipinski definition) is 3. The van der Waals surface area contributed by atoms with Crippen LogP contribution in [0.2, 0.25) is 0 Å².